The van der Waals surface area contributed by atoms with E-state index in [-0.39, 0.29) is 11.9 Å². The van der Waals surface area contributed by atoms with Crippen LogP contribution in [0, 0.1) is 5.92 Å². The second kappa shape index (κ2) is 7.62. The van der Waals surface area contributed by atoms with Crippen LogP contribution in [0.4, 0.5) is 0 Å². The lowest BCUT2D eigenvalue weighted by Gasteiger charge is -2.14. The minimum atomic E-state index is -0.182. The molecule has 0 N–H and O–H groups in total. The summed E-state index contributed by atoms with van der Waals surface area (Å²) in [7, 11) is 0. The van der Waals surface area contributed by atoms with Crippen molar-refractivity contribution < 1.29 is 9.53 Å². The maximum atomic E-state index is 12.1. The van der Waals surface area contributed by atoms with Gasteiger partial charge in [0, 0.05) is 25.4 Å². The van der Waals surface area contributed by atoms with Crippen molar-refractivity contribution in [2.24, 2.45) is 5.92 Å². The molecule has 0 amide bonds. The van der Waals surface area contributed by atoms with Gasteiger partial charge in [-0.3, -0.25) is 4.79 Å². The Kier molecular flexibility index (Phi) is 5.55. The van der Waals surface area contributed by atoms with E-state index in [0.717, 1.165) is 24.2 Å². The zero-order chi connectivity index (χ0) is 15.1. The molecule has 4 nitrogen and oxygen atoms in total. The SMILES string of the molecule is CCCc1nccn1CC(C)C(=O)OCc1ccccc1. The van der Waals surface area contributed by atoms with Gasteiger partial charge < -0.3 is 9.30 Å². The van der Waals surface area contributed by atoms with Crippen LogP contribution in [0.15, 0.2) is 42.7 Å². The molecule has 2 aromatic rings. The number of carbonyl (C=O) groups excluding carboxylic acids is 1. The molecule has 0 aliphatic rings. The van der Waals surface area contributed by atoms with Gasteiger partial charge in [-0.25, -0.2) is 4.98 Å². The second-order valence-electron chi connectivity index (χ2n) is 5.24. The third kappa shape index (κ3) is 4.45. The van der Waals surface area contributed by atoms with Gasteiger partial charge in [-0.2, -0.15) is 0 Å². The summed E-state index contributed by atoms with van der Waals surface area (Å²) in [6.45, 7) is 4.96. The number of aromatic nitrogens is 2. The maximum absolute atomic E-state index is 12.1. The Labute approximate surface area is 125 Å². The van der Waals surface area contributed by atoms with Crippen molar-refractivity contribution in [1.29, 1.82) is 0 Å². The number of hydrogen-bond acceptors (Lipinski definition) is 3. The number of esters is 1. The van der Waals surface area contributed by atoms with Gasteiger partial charge in [0.2, 0.25) is 0 Å². The van der Waals surface area contributed by atoms with Gasteiger partial charge in [0.1, 0.15) is 12.4 Å². The second-order valence-corrected chi connectivity index (χ2v) is 5.24. The number of hydrogen-bond donors (Lipinski definition) is 0. The first-order chi connectivity index (χ1) is 10.2. The van der Waals surface area contributed by atoms with Crippen LogP contribution < -0.4 is 0 Å². The Morgan fingerprint density at radius 3 is 2.81 bits per heavy atom. The fourth-order valence-electron chi connectivity index (χ4n) is 2.20. The van der Waals surface area contributed by atoms with Crippen molar-refractivity contribution in [2.75, 3.05) is 0 Å². The first-order valence-corrected chi connectivity index (χ1v) is 7.41. The molecule has 0 radical (unpaired) electrons. The van der Waals surface area contributed by atoms with E-state index in [1.807, 2.05) is 48.0 Å². The first-order valence-electron chi connectivity index (χ1n) is 7.41. The van der Waals surface area contributed by atoms with E-state index in [2.05, 4.69) is 11.9 Å². The zero-order valence-corrected chi connectivity index (χ0v) is 12.7. The summed E-state index contributed by atoms with van der Waals surface area (Å²) < 4.78 is 7.41. The number of carbonyl (C=O) groups is 1. The summed E-state index contributed by atoms with van der Waals surface area (Å²) in [5.41, 5.74) is 1.01. The van der Waals surface area contributed by atoms with Crippen molar-refractivity contribution in [3.63, 3.8) is 0 Å². The average molecular weight is 286 g/mol. The summed E-state index contributed by atoms with van der Waals surface area (Å²) in [5, 5.41) is 0. The van der Waals surface area contributed by atoms with Crippen LogP contribution in [0.3, 0.4) is 0 Å². The van der Waals surface area contributed by atoms with Crippen LogP contribution in [-0.2, 0) is 29.1 Å². The van der Waals surface area contributed by atoms with Crippen molar-refractivity contribution in [3.8, 4) is 0 Å². The minimum absolute atomic E-state index is 0.171. The number of rotatable bonds is 7. The van der Waals surface area contributed by atoms with E-state index >= 15 is 0 Å². The zero-order valence-electron chi connectivity index (χ0n) is 12.7. The van der Waals surface area contributed by atoms with Crippen LogP contribution in [-0.4, -0.2) is 15.5 Å². The van der Waals surface area contributed by atoms with Crippen molar-refractivity contribution in [3.05, 3.63) is 54.1 Å². The van der Waals surface area contributed by atoms with E-state index in [4.69, 9.17) is 4.74 Å². The number of aryl methyl sites for hydroxylation is 1. The van der Waals surface area contributed by atoms with Gasteiger partial charge in [-0.05, 0) is 12.0 Å². The summed E-state index contributed by atoms with van der Waals surface area (Å²) >= 11 is 0. The van der Waals surface area contributed by atoms with E-state index < -0.39 is 0 Å². The van der Waals surface area contributed by atoms with Crippen LogP contribution in [0.2, 0.25) is 0 Å². The molecular formula is C17H22N2O2. The minimum Gasteiger partial charge on any atom is -0.461 e. The number of ether oxygens (including phenoxy) is 1. The predicted molar refractivity (Wildman–Crippen MR) is 81.6 cm³/mol. The van der Waals surface area contributed by atoms with Crippen LogP contribution in [0.5, 0.6) is 0 Å². The van der Waals surface area contributed by atoms with Gasteiger partial charge in [-0.15, -0.1) is 0 Å². The lowest BCUT2D eigenvalue weighted by Crippen LogP contribution is -2.20. The molecule has 0 aliphatic carbocycles. The van der Waals surface area contributed by atoms with Crippen molar-refractivity contribution >= 4 is 5.97 Å². The Morgan fingerprint density at radius 2 is 2.10 bits per heavy atom. The summed E-state index contributed by atoms with van der Waals surface area (Å²) in [4.78, 5) is 16.4. The Balaban J connectivity index is 1.86. The van der Waals surface area contributed by atoms with Gasteiger partial charge in [0.15, 0.2) is 0 Å². The fraction of sp³-hybridized carbons (Fsp3) is 0.412. The molecule has 4 heteroatoms. The lowest BCUT2D eigenvalue weighted by molar-refractivity contribution is -0.149. The largest absolute Gasteiger partial charge is 0.461 e. The molecule has 2 rings (SSSR count). The monoisotopic (exact) mass is 286 g/mol. The Bertz CT molecular complexity index is 563. The predicted octanol–water partition coefficient (Wildman–Crippen LogP) is 3.22. The maximum Gasteiger partial charge on any atom is 0.310 e. The highest BCUT2D eigenvalue weighted by Gasteiger charge is 2.16. The molecule has 0 aliphatic heterocycles. The summed E-state index contributed by atoms with van der Waals surface area (Å²) in [6.07, 6.45) is 5.68. The molecule has 0 fully saturated rings. The quantitative estimate of drug-likeness (QED) is 0.734. The topological polar surface area (TPSA) is 44.1 Å². The highest BCUT2D eigenvalue weighted by Crippen LogP contribution is 2.10. The van der Waals surface area contributed by atoms with E-state index in [0.29, 0.717) is 13.2 Å². The van der Waals surface area contributed by atoms with Gasteiger partial charge in [0.25, 0.3) is 0 Å². The highest BCUT2D eigenvalue weighted by molar-refractivity contribution is 5.71. The molecule has 1 aromatic heterocycles. The smallest absolute Gasteiger partial charge is 0.310 e. The molecule has 0 saturated carbocycles. The highest BCUT2D eigenvalue weighted by atomic mass is 16.5. The molecule has 1 atom stereocenters. The van der Waals surface area contributed by atoms with Gasteiger partial charge >= 0.3 is 5.97 Å². The molecule has 0 spiro atoms. The fourth-order valence-corrected chi connectivity index (χ4v) is 2.20. The lowest BCUT2D eigenvalue weighted by atomic mass is 10.2. The van der Waals surface area contributed by atoms with Crippen molar-refractivity contribution in [1.82, 2.24) is 9.55 Å². The third-order valence-corrected chi connectivity index (χ3v) is 3.37. The van der Waals surface area contributed by atoms with E-state index in [9.17, 15) is 4.79 Å². The van der Waals surface area contributed by atoms with E-state index in [1.54, 1.807) is 6.20 Å². The average Bonchev–Trinajstić information content (AvgIpc) is 2.93. The van der Waals surface area contributed by atoms with Gasteiger partial charge in [0.05, 0.1) is 5.92 Å². The number of imidazole rings is 1. The third-order valence-electron chi connectivity index (χ3n) is 3.37. The summed E-state index contributed by atoms with van der Waals surface area (Å²) in [5.74, 6) is 0.675. The van der Waals surface area contributed by atoms with Crippen LogP contribution in [0.1, 0.15) is 31.7 Å². The first kappa shape index (κ1) is 15.3. The molecule has 21 heavy (non-hydrogen) atoms. The number of benzene rings is 1. The molecular weight excluding hydrogens is 264 g/mol. The molecule has 0 saturated heterocycles. The molecule has 1 unspecified atom stereocenters. The van der Waals surface area contributed by atoms with Crippen LogP contribution >= 0.6 is 0 Å². The Hall–Kier alpha value is -2.10. The van der Waals surface area contributed by atoms with E-state index in [1.165, 1.54) is 0 Å². The standard InChI is InChI=1S/C17H22N2O2/c1-3-7-16-18-10-11-19(16)12-14(2)17(20)21-13-15-8-5-4-6-9-15/h4-6,8-11,14H,3,7,12-13H2,1-2H3. The number of nitrogens with zero attached hydrogens (tertiary/aromatic N) is 2. The molecule has 1 aromatic carbocycles. The van der Waals surface area contributed by atoms with Crippen molar-refractivity contribution in [2.45, 2.75) is 39.8 Å². The molecule has 0 bridgehead atoms. The molecule has 112 valence electrons. The van der Waals surface area contributed by atoms with Gasteiger partial charge in [-0.1, -0.05) is 44.2 Å². The normalized spacial score (nSPS) is 12.1. The van der Waals surface area contributed by atoms with Crippen LogP contribution in [0.25, 0.3) is 0 Å². The summed E-state index contributed by atoms with van der Waals surface area (Å²) in [6, 6.07) is 9.73. The Morgan fingerprint density at radius 1 is 1.33 bits per heavy atom. The molecule has 1 heterocycles.